The summed E-state index contributed by atoms with van der Waals surface area (Å²) in [5, 5.41) is 0. The topological polar surface area (TPSA) is 17.2 Å². The van der Waals surface area contributed by atoms with Gasteiger partial charge >= 0.3 is 0 Å². The SMILES string of the molecule is [C-]#[N+]c1cc([CH])c([CH])c(I)n1. The third kappa shape index (κ3) is 1.69. The molecule has 1 heterocycles. The smallest absolute Gasteiger partial charge is 0.270 e. The maximum Gasteiger partial charge on any atom is 0.270 e. The van der Waals surface area contributed by atoms with Crippen molar-refractivity contribution in [1.29, 1.82) is 0 Å². The van der Waals surface area contributed by atoms with Crippen LogP contribution in [0.1, 0.15) is 11.1 Å². The Hall–Kier alpha value is -0.630. The van der Waals surface area contributed by atoms with E-state index in [1.165, 1.54) is 6.07 Å². The third-order valence-electron chi connectivity index (χ3n) is 1.15. The van der Waals surface area contributed by atoms with E-state index in [1.807, 2.05) is 22.6 Å². The molecule has 0 amide bonds. The molecule has 0 fully saturated rings. The summed E-state index contributed by atoms with van der Waals surface area (Å²) < 4.78 is 0.577. The van der Waals surface area contributed by atoms with Gasteiger partial charge in [0, 0.05) is 35.1 Å². The molecule has 0 N–H and O–H groups in total. The highest BCUT2D eigenvalue weighted by Gasteiger charge is 2.05. The first-order valence-corrected chi connectivity index (χ1v) is 3.82. The lowest BCUT2D eigenvalue weighted by molar-refractivity contribution is 1.25. The largest absolute Gasteiger partial charge is 0.361 e. The maximum atomic E-state index is 6.67. The van der Waals surface area contributed by atoms with Gasteiger partial charge in [0.15, 0.2) is 3.70 Å². The van der Waals surface area contributed by atoms with Crippen molar-refractivity contribution in [1.82, 2.24) is 4.98 Å². The number of nitrogens with zero attached hydrogens (tertiary/aromatic N) is 2. The van der Waals surface area contributed by atoms with Crippen LogP contribution in [-0.4, -0.2) is 4.98 Å². The number of hydrogen-bond donors (Lipinski definition) is 0. The number of aromatic nitrogens is 1. The van der Waals surface area contributed by atoms with Crippen molar-refractivity contribution in [3.8, 4) is 0 Å². The van der Waals surface area contributed by atoms with Gasteiger partial charge in [-0.2, -0.15) is 0 Å². The fourth-order valence-electron chi connectivity index (χ4n) is 0.586. The van der Waals surface area contributed by atoms with Crippen LogP contribution in [0, 0.1) is 24.1 Å². The van der Waals surface area contributed by atoms with E-state index in [4.69, 9.17) is 20.4 Å². The lowest BCUT2D eigenvalue weighted by Gasteiger charge is -1.97. The first kappa shape index (κ1) is 8.47. The van der Waals surface area contributed by atoms with E-state index in [9.17, 15) is 0 Å². The van der Waals surface area contributed by atoms with E-state index < -0.39 is 0 Å². The highest BCUT2D eigenvalue weighted by atomic mass is 127. The highest BCUT2D eigenvalue weighted by molar-refractivity contribution is 14.1. The molecule has 0 aromatic carbocycles. The molecule has 0 atom stereocenters. The summed E-state index contributed by atoms with van der Waals surface area (Å²) >= 11 is 1.94. The van der Waals surface area contributed by atoms with E-state index in [0.717, 1.165) is 0 Å². The first-order valence-electron chi connectivity index (χ1n) is 2.74. The fourth-order valence-corrected chi connectivity index (χ4v) is 1.14. The second-order valence-electron chi connectivity index (χ2n) is 1.89. The summed E-state index contributed by atoms with van der Waals surface area (Å²) in [4.78, 5) is 7.01. The van der Waals surface area contributed by atoms with Crippen LogP contribution >= 0.6 is 22.6 Å². The van der Waals surface area contributed by atoms with Crippen LogP contribution in [0.25, 0.3) is 4.85 Å². The van der Waals surface area contributed by atoms with Crippen LogP contribution in [0.2, 0.25) is 0 Å². The Balaban J connectivity index is 3.35. The van der Waals surface area contributed by atoms with Gasteiger partial charge in [-0.3, -0.25) is 0 Å². The van der Waals surface area contributed by atoms with E-state index >= 15 is 0 Å². The van der Waals surface area contributed by atoms with Crippen molar-refractivity contribution >= 4 is 28.4 Å². The molecule has 0 aliphatic rings. The van der Waals surface area contributed by atoms with Gasteiger partial charge in [-0.1, -0.05) is 6.57 Å². The van der Waals surface area contributed by atoms with E-state index in [2.05, 4.69) is 9.83 Å². The quantitative estimate of drug-likeness (QED) is 0.394. The molecule has 52 valence electrons. The first-order chi connectivity index (χ1) is 5.15. The molecule has 4 radical (unpaired) electrons. The number of hydrogen-bond acceptors (Lipinski definition) is 1. The van der Waals surface area contributed by atoms with Crippen molar-refractivity contribution in [3.05, 3.63) is 46.2 Å². The molecule has 0 bridgehead atoms. The summed E-state index contributed by atoms with van der Waals surface area (Å²) in [5.41, 5.74) is 0.855. The van der Waals surface area contributed by atoms with Gasteiger partial charge in [-0.05, 0) is 18.6 Å². The van der Waals surface area contributed by atoms with Crippen molar-refractivity contribution in [2.45, 2.75) is 0 Å². The minimum Gasteiger partial charge on any atom is -0.361 e. The van der Waals surface area contributed by atoms with Gasteiger partial charge in [-0.15, -0.1) is 4.98 Å². The molecule has 0 saturated carbocycles. The number of halogens is 1. The predicted molar refractivity (Wildman–Crippen MR) is 50.0 cm³/mol. The Morgan fingerprint density at radius 3 is 2.64 bits per heavy atom. The Morgan fingerprint density at radius 1 is 1.55 bits per heavy atom. The van der Waals surface area contributed by atoms with Crippen molar-refractivity contribution < 1.29 is 0 Å². The van der Waals surface area contributed by atoms with Crippen LogP contribution in [0.5, 0.6) is 0 Å². The second-order valence-corrected chi connectivity index (χ2v) is 2.91. The van der Waals surface area contributed by atoms with Gasteiger partial charge in [0.05, 0.1) is 0 Å². The lowest BCUT2D eigenvalue weighted by atomic mass is 10.2. The summed E-state index contributed by atoms with van der Waals surface area (Å²) in [6.07, 6.45) is 0. The molecule has 2 nitrogen and oxygen atoms in total. The van der Waals surface area contributed by atoms with Crippen molar-refractivity contribution in [2.24, 2.45) is 0 Å². The second kappa shape index (κ2) is 3.18. The summed E-state index contributed by atoms with van der Waals surface area (Å²) in [6, 6.07) is 1.46. The average molecular weight is 254 g/mol. The molecular formula is C8H3IN2. The maximum absolute atomic E-state index is 6.67. The van der Waals surface area contributed by atoms with E-state index in [0.29, 0.717) is 14.8 Å². The molecule has 0 aliphatic carbocycles. The van der Waals surface area contributed by atoms with Crippen LogP contribution < -0.4 is 0 Å². The number of rotatable bonds is 0. The molecule has 0 spiro atoms. The Bertz CT molecular complexity index is 302. The van der Waals surface area contributed by atoms with Gasteiger partial charge in [0.2, 0.25) is 0 Å². The zero-order chi connectivity index (χ0) is 8.43. The fraction of sp³-hybridized carbons (Fsp3) is 0. The van der Waals surface area contributed by atoms with Crippen LogP contribution in [0.3, 0.4) is 0 Å². The molecule has 1 aromatic heterocycles. The third-order valence-corrected chi connectivity index (χ3v) is 1.97. The summed E-state index contributed by atoms with van der Waals surface area (Å²) in [5.74, 6) is 0.279. The zero-order valence-electron chi connectivity index (χ0n) is 5.50. The van der Waals surface area contributed by atoms with Gasteiger partial charge in [-0.25, -0.2) is 0 Å². The standard InChI is InChI=1S/C8H3IN2/c1-5-4-7(10-3)11-8(9)6(5)2/h1-2,4H. The van der Waals surface area contributed by atoms with E-state index in [-0.39, 0.29) is 5.82 Å². The molecule has 11 heavy (non-hydrogen) atoms. The molecule has 3 heteroatoms. The molecule has 0 unspecified atom stereocenters. The number of pyridine rings is 1. The Kier molecular flexibility index (Phi) is 2.45. The summed E-state index contributed by atoms with van der Waals surface area (Å²) in [7, 11) is 0. The minimum atomic E-state index is 0.279. The van der Waals surface area contributed by atoms with Crippen LogP contribution in [0.15, 0.2) is 6.07 Å². The van der Waals surface area contributed by atoms with Gasteiger partial charge in [0.1, 0.15) is 0 Å². The predicted octanol–water partition coefficient (Wildman–Crippen LogP) is 2.36. The lowest BCUT2D eigenvalue weighted by Crippen LogP contribution is -1.89. The van der Waals surface area contributed by atoms with Gasteiger partial charge in [0.25, 0.3) is 5.82 Å². The molecule has 0 aliphatic heterocycles. The van der Waals surface area contributed by atoms with Crippen LogP contribution in [0.4, 0.5) is 5.82 Å². The molecule has 1 aromatic rings. The monoisotopic (exact) mass is 254 g/mol. The molecule has 1 rings (SSSR count). The Morgan fingerprint density at radius 2 is 2.18 bits per heavy atom. The van der Waals surface area contributed by atoms with Crippen molar-refractivity contribution in [2.75, 3.05) is 0 Å². The summed E-state index contributed by atoms with van der Waals surface area (Å²) in [6.45, 7) is 17.7. The normalized spacial score (nSPS) is 9.27. The highest BCUT2D eigenvalue weighted by Crippen LogP contribution is 2.18. The minimum absolute atomic E-state index is 0.279. The van der Waals surface area contributed by atoms with Crippen LogP contribution in [-0.2, 0) is 0 Å². The molecular weight excluding hydrogens is 251 g/mol. The van der Waals surface area contributed by atoms with E-state index in [1.54, 1.807) is 0 Å². The van der Waals surface area contributed by atoms with Crippen molar-refractivity contribution in [3.63, 3.8) is 0 Å². The average Bonchev–Trinajstić information content (AvgIpc) is 1.99. The van der Waals surface area contributed by atoms with Gasteiger partial charge < -0.3 is 4.85 Å². The Labute approximate surface area is 79.6 Å². The zero-order valence-corrected chi connectivity index (χ0v) is 7.66. The molecule has 0 saturated heterocycles.